The Balaban J connectivity index is 1.73. The van der Waals surface area contributed by atoms with Gasteiger partial charge < -0.3 is 19.9 Å². The fraction of sp³-hybridized carbons (Fsp3) is 0.857. The molecular formula is C14H25N3O3. The van der Waals surface area contributed by atoms with E-state index < -0.39 is 0 Å². The van der Waals surface area contributed by atoms with E-state index in [1.807, 2.05) is 11.8 Å². The van der Waals surface area contributed by atoms with Crippen LogP contribution in [0.1, 0.15) is 19.8 Å². The summed E-state index contributed by atoms with van der Waals surface area (Å²) in [6.07, 6.45) is 1.50. The highest BCUT2D eigenvalue weighted by Gasteiger charge is 2.34. The lowest BCUT2D eigenvalue weighted by atomic mass is 9.95. The minimum absolute atomic E-state index is 0.0360. The molecule has 2 fully saturated rings. The van der Waals surface area contributed by atoms with Crippen molar-refractivity contribution in [2.45, 2.75) is 25.4 Å². The Morgan fingerprint density at radius 3 is 2.35 bits per heavy atom. The van der Waals surface area contributed by atoms with E-state index in [0.717, 1.165) is 25.9 Å². The molecule has 6 nitrogen and oxygen atoms in total. The molecule has 2 aliphatic heterocycles. The average Bonchev–Trinajstić information content (AvgIpc) is 2.42. The molecule has 2 heterocycles. The predicted octanol–water partition coefficient (Wildman–Crippen LogP) is -0.308. The van der Waals surface area contributed by atoms with Crippen molar-refractivity contribution in [1.29, 1.82) is 0 Å². The molecule has 2 aliphatic rings. The van der Waals surface area contributed by atoms with E-state index in [-0.39, 0.29) is 29.9 Å². The number of amides is 2. The van der Waals surface area contributed by atoms with Crippen LogP contribution in [-0.2, 0) is 14.3 Å². The fourth-order valence-corrected chi connectivity index (χ4v) is 2.65. The van der Waals surface area contributed by atoms with Gasteiger partial charge in [-0.3, -0.25) is 9.59 Å². The number of nitrogens with one attached hydrogen (secondary N) is 1. The molecule has 2 rings (SSSR count). The van der Waals surface area contributed by atoms with Crippen molar-refractivity contribution in [2.75, 3.05) is 46.9 Å². The minimum Gasteiger partial charge on any atom is -0.363 e. The van der Waals surface area contributed by atoms with Crippen molar-refractivity contribution in [3.8, 4) is 0 Å². The Morgan fingerprint density at radius 1 is 1.30 bits per heavy atom. The summed E-state index contributed by atoms with van der Waals surface area (Å²) in [6, 6.07) is 0. The first-order valence-electron chi connectivity index (χ1n) is 7.25. The lowest BCUT2D eigenvalue weighted by Gasteiger charge is -2.39. The highest BCUT2D eigenvalue weighted by Crippen LogP contribution is 2.20. The molecule has 2 amide bonds. The van der Waals surface area contributed by atoms with Gasteiger partial charge in [0.1, 0.15) is 6.61 Å². The summed E-state index contributed by atoms with van der Waals surface area (Å²) in [5, 5.41) is 3.14. The number of likely N-dealkylation sites (tertiary alicyclic amines) is 1. The lowest BCUT2D eigenvalue weighted by Crippen LogP contribution is -2.60. The number of hydrogen-bond donors (Lipinski definition) is 1. The van der Waals surface area contributed by atoms with E-state index in [9.17, 15) is 9.59 Å². The predicted molar refractivity (Wildman–Crippen MR) is 75.2 cm³/mol. The quantitative estimate of drug-likeness (QED) is 0.769. The van der Waals surface area contributed by atoms with Gasteiger partial charge in [0.2, 0.25) is 11.8 Å². The molecule has 6 heteroatoms. The third kappa shape index (κ3) is 3.49. The molecule has 2 saturated heterocycles. The summed E-state index contributed by atoms with van der Waals surface area (Å²) in [5.74, 6) is 0.263. The zero-order valence-corrected chi connectivity index (χ0v) is 12.6. The highest BCUT2D eigenvalue weighted by atomic mass is 16.5. The molecule has 0 aromatic heterocycles. The first-order valence-corrected chi connectivity index (χ1v) is 7.25. The average molecular weight is 283 g/mol. The van der Waals surface area contributed by atoms with Gasteiger partial charge in [-0.05, 0) is 19.8 Å². The fourth-order valence-electron chi connectivity index (χ4n) is 2.65. The van der Waals surface area contributed by atoms with Crippen molar-refractivity contribution >= 4 is 11.8 Å². The number of nitrogens with zero attached hydrogens (tertiary/aromatic N) is 2. The SMILES string of the molecule is CN(C)C(=O)C1CCN(C(=O)COC2(C)CNC2)CC1. The van der Waals surface area contributed by atoms with Crippen molar-refractivity contribution in [1.82, 2.24) is 15.1 Å². The van der Waals surface area contributed by atoms with Crippen molar-refractivity contribution in [2.24, 2.45) is 5.92 Å². The molecule has 114 valence electrons. The van der Waals surface area contributed by atoms with E-state index in [1.165, 1.54) is 0 Å². The van der Waals surface area contributed by atoms with Crippen LogP contribution in [0.3, 0.4) is 0 Å². The highest BCUT2D eigenvalue weighted by molar-refractivity contribution is 5.80. The Labute approximate surface area is 120 Å². The second kappa shape index (κ2) is 6.10. The number of carbonyl (C=O) groups excluding carboxylic acids is 2. The molecule has 0 radical (unpaired) electrons. The van der Waals surface area contributed by atoms with Crippen LogP contribution in [0.2, 0.25) is 0 Å². The van der Waals surface area contributed by atoms with Gasteiger partial charge in [-0.25, -0.2) is 0 Å². The third-order valence-electron chi connectivity index (χ3n) is 4.18. The van der Waals surface area contributed by atoms with Gasteiger partial charge in [-0.1, -0.05) is 0 Å². The molecule has 0 bridgehead atoms. The third-order valence-corrected chi connectivity index (χ3v) is 4.18. The van der Waals surface area contributed by atoms with Crippen molar-refractivity contribution in [3.63, 3.8) is 0 Å². The van der Waals surface area contributed by atoms with Gasteiger partial charge in [0.15, 0.2) is 0 Å². The summed E-state index contributed by atoms with van der Waals surface area (Å²) in [7, 11) is 3.56. The van der Waals surface area contributed by atoms with Gasteiger partial charge in [0.05, 0.1) is 5.60 Å². The summed E-state index contributed by atoms with van der Waals surface area (Å²) in [5.41, 5.74) is -0.186. The second-order valence-electron chi connectivity index (χ2n) is 6.23. The molecule has 0 aromatic carbocycles. The number of piperidine rings is 1. The molecule has 20 heavy (non-hydrogen) atoms. The zero-order chi connectivity index (χ0) is 14.8. The van der Waals surface area contributed by atoms with Crippen molar-refractivity contribution in [3.05, 3.63) is 0 Å². The smallest absolute Gasteiger partial charge is 0.248 e. The number of carbonyl (C=O) groups is 2. The summed E-state index contributed by atoms with van der Waals surface area (Å²) in [4.78, 5) is 27.4. The molecule has 0 aliphatic carbocycles. The first-order chi connectivity index (χ1) is 9.41. The zero-order valence-electron chi connectivity index (χ0n) is 12.6. The number of hydrogen-bond acceptors (Lipinski definition) is 4. The maximum absolute atomic E-state index is 12.1. The normalized spacial score (nSPS) is 22.2. The Bertz CT molecular complexity index is 372. The molecule has 0 unspecified atom stereocenters. The summed E-state index contributed by atoms with van der Waals surface area (Å²) in [6.45, 7) is 5.07. The molecule has 1 N–H and O–H groups in total. The molecule has 0 spiro atoms. The first kappa shape index (κ1) is 15.3. The van der Waals surface area contributed by atoms with Gasteiger partial charge in [0.25, 0.3) is 0 Å². The number of rotatable bonds is 4. The topological polar surface area (TPSA) is 61.9 Å². The molecule has 0 atom stereocenters. The van der Waals surface area contributed by atoms with Crippen LogP contribution in [-0.4, -0.2) is 74.1 Å². The largest absolute Gasteiger partial charge is 0.363 e. The Hall–Kier alpha value is -1.14. The van der Waals surface area contributed by atoms with Crippen molar-refractivity contribution < 1.29 is 14.3 Å². The number of ether oxygens (including phenoxy) is 1. The van der Waals surface area contributed by atoms with Crippen LogP contribution in [0.25, 0.3) is 0 Å². The Morgan fingerprint density at radius 2 is 1.90 bits per heavy atom. The monoisotopic (exact) mass is 283 g/mol. The lowest BCUT2D eigenvalue weighted by molar-refractivity contribution is -0.149. The van der Waals surface area contributed by atoms with E-state index in [4.69, 9.17) is 4.74 Å². The second-order valence-corrected chi connectivity index (χ2v) is 6.23. The van der Waals surface area contributed by atoms with Gasteiger partial charge in [-0.2, -0.15) is 0 Å². The van der Waals surface area contributed by atoms with Crippen LogP contribution < -0.4 is 5.32 Å². The molecule has 0 saturated carbocycles. The molecular weight excluding hydrogens is 258 g/mol. The molecule has 0 aromatic rings. The van der Waals surface area contributed by atoms with Crippen LogP contribution in [0.5, 0.6) is 0 Å². The van der Waals surface area contributed by atoms with E-state index in [1.54, 1.807) is 19.0 Å². The maximum Gasteiger partial charge on any atom is 0.248 e. The van der Waals surface area contributed by atoms with Gasteiger partial charge in [0, 0.05) is 46.2 Å². The Kier molecular flexibility index (Phi) is 4.65. The van der Waals surface area contributed by atoms with E-state index in [0.29, 0.717) is 13.1 Å². The van der Waals surface area contributed by atoms with Crippen LogP contribution in [0.15, 0.2) is 0 Å². The van der Waals surface area contributed by atoms with E-state index >= 15 is 0 Å². The standard InChI is InChI=1S/C14H25N3O3/c1-14(9-15-10-14)20-8-12(18)17-6-4-11(5-7-17)13(19)16(2)3/h11,15H,4-10H2,1-3H3. The van der Waals surface area contributed by atoms with E-state index in [2.05, 4.69) is 5.32 Å². The van der Waals surface area contributed by atoms with Crippen LogP contribution in [0, 0.1) is 5.92 Å². The summed E-state index contributed by atoms with van der Waals surface area (Å²) >= 11 is 0. The van der Waals surface area contributed by atoms with Crippen LogP contribution >= 0.6 is 0 Å². The van der Waals surface area contributed by atoms with Gasteiger partial charge in [-0.15, -0.1) is 0 Å². The maximum atomic E-state index is 12.1. The minimum atomic E-state index is -0.186. The summed E-state index contributed by atoms with van der Waals surface area (Å²) < 4.78 is 5.66. The van der Waals surface area contributed by atoms with Gasteiger partial charge >= 0.3 is 0 Å². The van der Waals surface area contributed by atoms with Crippen LogP contribution in [0.4, 0.5) is 0 Å².